The van der Waals surface area contributed by atoms with E-state index < -0.39 is 0 Å². The van der Waals surface area contributed by atoms with Crippen LogP contribution < -0.4 is 16.5 Å². The van der Waals surface area contributed by atoms with Crippen LogP contribution in [0.3, 0.4) is 0 Å². The van der Waals surface area contributed by atoms with Gasteiger partial charge < -0.3 is 21.0 Å². The van der Waals surface area contributed by atoms with Crippen molar-refractivity contribution >= 4 is 22.7 Å². The predicted molar refractivity (Wildman–Crippen MR) is 59.8 cm³/mol. The lowest BCUT2D eigenvalue weighted by atomic mass is 10.5. The first-order chi connectivity index (χ1) is 6.52. The number of fused-ring (bicyclic) bond motifs is 1. The Morgan fingerprint density at radius 1 is 1.07 bits per heavy atom. The highest BCUT2D eigenvalue weighted by Gasteiger charge is 2.12. The van der Waals surface area contributed by atoms with Gasteiger partial charge in [0.15, 0.2) is 0 Å². The van der Waals surface area contributed by atoms with E-state index in [0.717, 1.165) is 22.7 Å². The Bertz CT molecular complexity index is 477. The maximum Gasteiger partial charge on any atom is 0.125 e. The fourth-order valence-corrected chi connectivity index (χ4v) is 1.75. The zero-order valence-electron chi connectivity index (χ0n) is 8.65. The molecule has 0 atom stereocenters. The summed E-state index contributed by atoms with van der Waals surface area (Å²) < 4.78 is 3.84. The third-order valence-electron chi connectivity index (χ3n) is 2.45. The lowest BCUT2D eigenvalue weighted by Crippen LogP contribution is -2.25. The van der Waals surface area contributed by atoms with Gasteiger partial charge in [-0.15, -0.1) is 0 Å². The van der Waals surface area contributed by atoms with E-state index in [1.807, 2.05) is 47.5 Å². The van der Waals surface area contributed by atoms with Gasteiger partial charge in [-0.1, -0.05) is 0 Å². The number of anilines is 2. The first-order valence-electron chi connectivity index (χ1n) is 4.42. The smallest absolute Gasteiger partial charge is 0.125 e. The molecule has 5 heteroatoms. The fourth-order valence-electron chi connectivity index (χ4n) is 1.75. The van der Waals surface area contributed by atoms with Crippen molar-refractivity contribution in [2.75, 3.05) is 30.6 Å². The van der Waals surface area contributed by atoms with Crippen molar-refractivity contribution in [3.05, 3.63) is 12.1 Å². The van der Waals surface area contributed by atoms with Gasteiger partial charge in [0.1, 0.15) is 11.6 Å². The van der Waals surface area contributed by atoms with Crippen molar-refractivity contribution in [3.63, 3.8) is 0 Å². The van der Waals surface area contributed by atoms with E-state index >= 15 is 0 Å². The summed E-state index contributed by atoms with van der Waals surface area (Å²) in [5, 5.41) is 1.93. The van der Waals surface area contributed by atoms with Crippen LogP contribution in [0.5, 0.6) is 0 Å². The van der Waals surface area contributed by atoms with Crippen molar-refractivity contribution in [1.29, 1.82) is 0 Å². The monoisotopic (exact) mass is 193 g/mol. The Morgan fingerprint density at radius 3 is 2.21 bits per heavy atom. The summed E-state index contributed by atoms with van der Waals surface area (Å²) in [7, 11) is 5.81. The minimum atomic E-state index is 0.718. The number of nitrogen functional groups attached to an aromatic ring is 2. The molecule has 5 nitrogen and oxygen atoms in total. The van der Waals surface area contributed by atoms with Crippen LogP contribution in [-0.2, 0) is 7.05 Å². The summed E-state index contributed by atoms with van der Waals surface area (Å²) in [6.45, 7) is 0. The van der Waals surface area contributed by atoms with Crippen molar-refractivity contribution in [1.82, 2.24) is 9.24 Å². The molecule has 2 heterocycles. The molecule has 0 saturated carbocycles. The molecular weight excluding hydrogens is 178 g/mol. The summed E-state index contributed by atoms with van der Waals surface area (Å²) in [6, 6.07) is 3.84. The highest BCUT2D eigenvalue weighted by molar-refractivity contribution is 5.86. The van der Waals surface area contributed by atoms with Gasteiger partial charge in [0.05, 0.1) is 11.0 Å². The van der Waals surface area contributed by atoms with Crippen LogP contribution in [0.2, 0.25) is 0 Å². The molecule has 2 aromatic rings. The van der Waals surface area contributed by atoms with Gasteiger partial charge in [-0.3, -0.25) is 0 Å². The van der Waals surface area contributed by atoms with Crippen LogP contribution in [-0.4, -0.2) is 23.3 Å². The van der Waals surface area contributed by atoms with E-state index in [-0.39, 0.29) is 0 Å². The minimum absolute atomic E-state index is 0.718. The summed E-state index contributed by atoms with van der Waals surface area (Å²) in [4.78, 5) is 0. The Kier molecular flexibility index (Phi) is 1.64. The topological polar surface area (TPSA) is 65.1 Å². The second kappa shape index (κ2) is 2.60. The van der Waals surface area contributed by atoms with Gasteiger partial charge >= 0.3 is 0 Å². The molecule has 0 radical (unpaired) electrons. The molecule has 0 unspecified atom stereocenters. The number of hydrogen-bond acceptors (Lipinski definition) is 3. The maximum atomic E-state index is 5.88. The van der Waals surface area contributed by atoms with Crippen LogP contribution in [0.15, 0.2) is 12.1 Å². The number of hydrogen-bond donors (Lipinski definition) is 2. The molecule has 2 rings (SSSR count). The van der Waals surface area contributed by atoms with E-state index in [9.17, 15) is 0 Å². The Balaban J connectivity index is 2.82. The summed E-state index contributed by atoms with van der Waals surface area (Å²) >= 11 is 0. The van der Waals surface area contributed by atoms with E-state index in [1.54, 1.807) is 0 Å². The summed E-state index contributed by atoms with van der Waals surface area (Å²) in [6.07, 6.45) is 0. The standard InChI is InChI=1S/C9H15N5/c1-12(2)14-7-5-8(10)13(3)6(7)4-9(14)11/h4-5H,10-11H2,1-3H3. The molecule has 14 heavy (non-hydrogen) atoms. The molecule has 0 bridgehead atoms. The molecule has 0 saturated heterocycles. The first-order valence-corrected chi connectivity index (χ1v) is 4.42. The average molecular weight is 193 g/mol. The third kappa shape index (κ3) is 0.951. The molecule has 0 aliphatic carbocycles. The molecule has 0 amide bonds. The van der Waals surface area contributed by atoms with Gasteiger partial charge in [0.2, 0.25) is 0 Å². The molecule has 0 fully saturated rings. The second-order valence-corrected chi connectivity index (χ2v) is 3.63. The Labute approximate surface area is 82.5 Å². The molecule has 0 aromatic carbocycles. The summed E-state index contributed by atoms with van der Waals surface area (Å²) in [5.74, 6) is 1.46. The average Bonchev–Trinajstić information content (AvgIpc) is 2.51. The zero-order valence-corrected chi connectivity index (χ0v) is 8.65. The largest absolute Gasteiger partial charge is 0.385 e. The molecule has 0 spiro atoms. The highest BCUT2D eigenvalue weighted by atomic mass is 15.5. The normalized spacial score (nSPS) is 11.1. The van der Waals surface area contributed by atoms with Gasteiger partial charge in [-0.2, -0.15) is 0 Å². The number of aromatic nitrogens is 2. The van der Waals surface area contributed by atoms with Crippen molar-refractivity contribution in [3.8, 4) is 0 Å². The number of nitrogens with two attached hydrogens (primary N) is 2. The van der Waals surface area contributed by atoms with Crippen LogP contribution >= 0.6 is 0 Å². The van der Waals surface area contributed by atoms with Crippen LogP contribution in [0.25, 0.3) is 11.0 Å². The number of rotatable bonds is 1. The molecule has 2 aromatic heterocycles. The Hall–Kier alpha value is -1.78. The van der Waals surface area contributed by atoms with E-state index in [0.29, 0.717) is 0 Å². The van der Waals surface area contributed by atoms with Crippen molar-refractivity contribution in [2.45, 2.75) is 0 Å². The van der Waals surface area contributed by atoms with Gasteiger partial charge in [0.25, 0.3) is 0 Å². The SMILES string of the molecule is CN(C)n1c(N)cc2c1cc(N)n2C. The van der Waals surface area contributed by atoms with Gasteiger partial charge in [-0.05, 0) is 0 Å². The zero-order chi connectivity index (χ0) is 10.5. The Morgan fingerprint density at radius 2 is 1.64 bits per heavy atom. The summed E-state index contributed by atoms with van der Waals surface area (Å²) in [5.41, 5.74) is 13.8. The third-order valence-corrected chi connectivity index (χ3v) is 2.45. The van der Waals surface area contributed by atoms with Crippen LogP contribution in [0, 0.1) is 0 Å². The van der Waals surface area contributed by atoms with Crippen LogP contribution in [0.4, 0.5) is 11.6 Å². The number of nitrogens with zero attached hydrogens (tertiary/aromatic N) is 3. The van der Waals surface area contributed by atoms with Crippen LogP contribution in [0.1, 0.15) is 0 Å². The number of aryl methyl sites for hydroxylation is 1. The maximum absolute atomic E-state index is 5.88. The second-order valence-electron chi connectivity index (χ2n) is 3.63. The van der Waals surface area contributed by atoms with E-state index in [1.165, 1.54) is 0 Å². The molecule has 76 valence electrons. The minimum Gasteiger partial charge on any atom is -0.385 e. The van der Waals surface area contributed by atoms with Crippen molar-refractivity contribution in [2.24, 2.45) is 7.05 Å². The van der Waals surface area contributed by atoms with E-state index in [2.05, 4.69) is 0 Å². The lowest BCUT2D eigenvalue weighted by Gasteiger charge is -2.16. The first kappa shape index (κ1) is 8.80. The fraction of sp³-hybridized carbons (Fsp3) is 0.333. The molecular formula is C9H15N5. The molecule has 0 aliphatic heterocycles. The quantitative estimate of drug-likeness (QED) is 0.686. The lowest BCUT2D eigenvalue weighted by molar-refractivity contribution is 0.772. The molecule has 0 aliphatic rings. The highest BCUT2D eigenvalue weighted by Crippen LogP contribution is 2.25. The van der Waals surface area contributed by atoms with Gasteiger partial charge in [0, 0.05) is 33.3 Å². The van der Waals surface area contributed by atoms with Gasteiger partial charge in [-0.25, -0.2) is 4.68 Å². The van der Waals surface area contributed by atoms with Crippen molar-refractivity contribution < 1.29 is 0 Å². The van der Waals surface area contributed by atoms with E-state index in [4.69, 9.17) is 11.5 Å². The predicted octanol–water partition coefficient (Wildman–Crippen LogP) is 0.342. The molecule has 4 N–H and O–H groups in total.